The largest absolute Gasteiger partial charge is 0.386 e. The highest BCUT2D eigenvalue weighted by Gasteiger charge is 2.19. The highest BCUT2D eigenvalue weighted by molar-refractivity contribution is 8.02. The van der Waals surface area contributed by atoms with E-state index in [9.17, 15) is 0 Å². The Labute approximate surface area is 98.6 Å². The number of amidine groups is 1. The second kappa shape index (κ2) is 5.06. The third-order valence-corrected chi connectivity index (χ3v) is 3.34. The van der Waals surface area contributed by atoms with Crippen LogP contribution in [0.25, 0.3) is 0 Å². The lowest BCUT2D eigenvalue weighted by molar-refractivity contribution is 0.532. The molecular weight excluding hydrogens is 204 g/mol. The molecule has 2 N–H and O–H groups in total. The van der Waals surface area contributed by atoms with Gasteiger partial charge in [-0.2, -0.15) is 4.40 Å². The first kappa shape index (κ1) is 14.6. The van der Waals surface area contributed by atoms with Crippen molar-refractivity contribution >= 4 is 17.8 Å². The molecule has 0 aliphatic rings. The van der Waals surface area contributed by atoms with Crippen LogP contribution in [0.5, 0.6) is 0 Å². The minimum absolute atomic E-state index is 0.0518. The lowest BCUT2D eigenvalue weighted by atomic mass is 9.96. The molecule has 0 saturated heterocycles. The Balaban J connectivity index is 4.64. The summed E-state index contributed by atoms with van der Waals surface area (Å²) >= 11 is 1.49. The van der Waals surface area contributed by atoms with Crippen LogP contribution in [-0.2, 0) is 0 Å². The molecule has 0 bridgehead atoms. The lowest BCUT2D eigenvalue weighted by Gasteiger charge is -2.22. The fourth-order valence-corrected chi connectivity index (χ4v) is 1.71. The monoisotopic (exact) mass is 228 g/mol. The van der Waals surface area contributed by atoms with Gasteiger partial charge in [0.1, 0.15) is 5.84 Å². The van der Waals surface area contributed by atoms with Gasteiger partial charge in [-0.25, -0.2) is 0 Å². The van der Waals surface area contributed by atoms with Gasteiger partial charge in [-0.1, -0.05) is 47.6 Å². The normalized spacial score (nSPS) is 15.7. The van der Waals surface area contributed by atoms with E-state index in [-0.39, 0.29) is 10.8 Å². The average Bonchev–Trinajstić information content (AvgIpc) is 2.00. The summed E-state index contributed by atoms with van der Waals surface area (Å²) < 4.78 is 4.38. The van der Waals surface area contributed by atoms with Crippen LogP contribution in [0.3, 0.4) is 0 Å². The van der Waals surface area contributed by atoms with Crippen LogP contribution in [0, 0.1) is 10.8 Å². The molecule has 0 heterocycles. The van der Waals surface area contributed by atoms with Crippen molar-refractivity contribution in [2.24, 2.45) is 21.0 Å². The van der Waals surface area contributed by atoms with E-state index in [1.165, 1.54) is 16.9 Å². The van der Waals surface area contributed by atoms with Gasteiger partial charge in [0.05, 0.1) is 0 Å². The van der Waals surface area contributed by atoms with Crippen molar-refractivity contribution < 1.29 is 0 Å². The maximum atomic E-state index is 5.90. The molecule has 0 aliphatic heterocycles. The minimum atomic E-state index is -0.0518. The number of nitrogens with two attached hydrogens (primary N) is 1. The Morgan fingerprint density at radius 1 is 1.07 bits per heavy atom. The quantitative estimate of drug-likeness (QED) is 0.441. The fourth-order valence-electron chi connectivity index (χ4n) is 0.858. The van der Waals surface area contributed by atoms with Crippen LogP contribution in [0.1, 0.15) is 48.5 Å². The summed E-state index contributed by atoms with van der Waals surface area (Å²) in [6.45, 7) is 14.8. The third kappa shape index (κ3) is 5.26. The van der Waals surface area contributed by atoms with Gasteiger partial charge in [-0.15, -0.1) is 0 Å². The minimum Gasteiger partial charge on any atom is -0.386 e. The van der Waals surface area contributed by atoms with Crippen molar-refractivity contribution in [3.05, 3.63) is 11.0 Å². The highest BCUT2D eigenvalue weighted by Crippen LogP contribution is 2.35. The van der Waals surface area contributed by atoms with E-state index in [1.807, 2.05) is 6.92 Å². The molecule has 15 heavy (non-hydrogen) atoms. The first-order valence-corrected chi connectivity index (χ1v) is 6.04. The van der Waals surface area contributed by atoms with Gasteiger partial charge in [0, 0.05) is 22.3 Å². The van der Waals surface area contributed by atoms with Crippen molar-refractivity contribution in [1.29, 1.82) is 0 Å². The SMILES string of the molecule is C/C=C(\SN=C(N)C(C)(C)C)C(C)(C)C. The summed E-state index contributed by atoms with van der Waals surface area (Å²) in [6.07, 6.45) is 2.10. The van der Waals surface area contributed by atoms with Gasteiger partial charge in [0.25, 0.3) is 0 Å². The summed E-state index contributed by atoms with van der Waals surface area (Å²) in [5.41, 5.74) is 5.99. The van der Waals surface area contributed by atoms with Gasteiger partial charge in [-0.3, -0.25) is 0 Å². The van der Waals surface area contributed by atoms with Gasteiger partial charge in [-0.05, 0) is 12.3 Å². The zero-order valence-electron chi connectivity index (χ0n) is 11.0. The van der Waals surface area contributed by atoms with E-state index < -0.39 is 0 Å². The number of rotatable bonds is 2. The zero-order chi connectivity index (χ0) is 12.3. The number of hydrogen-bond donors (Lipinski definition) is 1. The molecule has 0 aromatic carbocycles. The summed E-state index contributed by atoms with van der Waals surface area (Å²) in [5.74, 6) is 0.691. The maximum absolute atomic E-state index is 5.90. The summed E-state index contributed by atoms with van der Waals surface area (Å²) in [6, 6.07) is 0. The van der Waals surface area contributed by atoms with E-state index >= 15 is 0 Å². The first-order chi connectivity index (χ1) is 6.59. The first-order valence-electron chi connectivity index (χ1n) is 5.27. The molecule has 0 aliphatic carbocycles. The molecule has 0 fully saturated rings. The van der Waals surface area contributed by atoms with Crippen molar-refractivity contribution in [2.45, 2.75) is 48.5 Å². The Bertz CT molecular complexity index is 264. The molecule has 2 nitrogen and oxygen atoms in total. The van der Waals surface area contributed by atoms with Gasteiger partial charge in [0.2, 0.25) is 0 Å². The second-order valence-electron chi connectivity index (χ2n) is 5.72. The molecular formula is C12H24N2S. The van der Waals surface area contributed by atoms with Crippen LogP contribution in [0.2, 0.25) is 0 Å². The smallest absolute Gasteiger partial charge is 0.113 e. The summed E-state index contributed by atoms with van der Waals surface area (Å²) in [7, 11) is 0. The Morgan fingerprint density at radius 2 is 1.53 bits per heavy atom. The van der Waals surface area contributed by atoms with Crippen LogP contribution in [0.4, 0.5) is 0 Å². The average molecular weight is 228 g/mol. The van der Waals surface area contributed by atoms with Gasteiger partial charge in [0.15, 0.2) is 0 Å². The zero-order valence-corrected chi connectivity index (χ0v) is 11.8. The Kier molecular flexibility index (Phi) is 4.91. The molecule has 0 radical (unpaired) electrons. The van der Waals surface area contributed by atoms with Gasteiger partial charge < -0.3 is 5.73 Å². The molecule has 0 amide bonds. The molecule has 0 aromatic rings. The van der Waals surface area contributed by atoms with Crippen LogP contribution in [0.15, 0.2) is 15.4 Å². The highest BCUT2D eigenvalue weighted by atomic mass is 32.2. The predicted octanol–water partition coefficient (Wildman–Crippen LogP) is 3.99. The third-order valence-electron chi connectivity index (χ3n) is 2.01. The second-order valence-corrected chi connectivity index (χ2v) is 6.53. The molecule has 0 atom stereocenters. The molecule has 0 spiro atoms. The number of allylic oxidation sites excluding steroid dienone is 2. The van der Waals surface area contributed by atoms with Crippen molar-refractivity contribution in [1.82, 2.24) is 0 Å². The molecule has 88 valence electrons. The van der Waals surface area contributed by atoms with Gasteiger partial charge >= 0.3 is 0 Å². The lowest BCUT2D eigenvalue weighted by Crippen LogP contribution is -2.28. The van der Waals surface area contributed by atoms with Crippen LogP contribution in [-0.4, -0.2) is 5.84 Å². The van der Waals surface area contributed by atoms with E-state index in [1.54, 1.807) is 0 Å². The standard InChI is InChI=1S/C12H24N2S/c1-8-9(11(2,3)4)15-14-10(13)12(5,6)7/h8H,1-7H3,(H2,13,14)/b9-8-. The molecule has 0 rings (SSSR count). The maximum Gasteiger partial charge on any atom is 0.113 e. The van der Waals surface area contributed by atoms with Crippen LogP contribution >= 0.6 is 11.9 Å². The molecule has 0 unspecified atom stereocenters. The number of nitrogens with zero attached hydrogens (tertiary/aromatic N) is 1. The fraction of sp³-hybridized carbons (Fsp3) is 0.750. The molecule has 3 heteroatoms. The van der Waals surface area contributed by atoms with Crippen molar-refractivity contribution in [3.8, 4) is 0 Å². The predicted molar refractivity (Wildman–Crippen MR) is 71.9 cm³/mol. The van der Waals surface area contributed by atoms with Crippen LogP contribution < -0.4 is 5.73 Å². The Morgan fingerprint density at radius 3 is 1.80 bits per heavy atom. The van der Waals surface area contributed by atoms with E-state index in [0.717, 1.165) is 0 Å². The van der Waals surface area contributed by atoms with Crippen molar-refractivity contribution in [2.75, 3.05) is 0 Å². The van der Waals surface area contributed by atoms with E-state index in [4.69, 9.17) is 5.73 Å². The Hall–Kier alpha value is -0.440. The number of hydrogen-bond acceptors (Lipinski definition) is 2. The van der Waals surface area contributed by atoms with Crippen molar-refractivity contribution in [3.63, 3.8) is 0 Å². The molecule has 0 saturated carbocycles. The summed E-state index contributed by atoms with van der Waals surface area (Å²) in [5, 5.41) is 0. The van der Waals surface area contributed by atoms with E-state index in [0.29, 0.717) is 5.84 Å². The molecule has 0 aromatic heterocycles. The topological polar surface area (TPSA) is 38.4 Å². The summed E-state index contributed by atoms with van der Waals surface area (Å²) in [4.78, 5) is 1.25. The van der Waals surface area contributed by atoms with E-state index in [2.05, 4.69) is 52.0 Å².